The lowest BCUT2D eigenvalue weighted by Crippen LogP contribution is -2.63. The van der Waals surface area contributed by atoms with E-state index in [0.717, 1.165) is 25.8 Å². The van der Waals surface area contributed by atoms with Crippen molar-refractivity contribution in [2.24, 2.45) is 5.92 Å². The van der Waals surface area contributed by atoms with Crippen LogP contribution in [0.5, 0.6) is 0 Å². The first-order valence-electron chi connectivity index (χ1n) is 8.52. The Bertz CT molecular complexity index is 329. The maximum atomic E-state index is 12.7. The van der Waals surface area contributed by atoms with E-state index in [2.05, 4.69) is 45.0 Å². The molecule has 0 heterocycles. The first-order valence-corrected chi connectivity index (χ1v) is 8.52. The van der Waals surface area contributed by atoms with Gasteiger partial charge in [0.25, 0.3) is 0 Å². The summed E-state index contributed by atoms with van der Waals surface area (Å²) in [5.41, 5.74) is -0.541. The third-order valence-corrected chi connectivity index (χ3v) is 4.42. The third kappa shape index (κ3) is 4.96. The summed E-state index contributed by atoms with van der Waals surface area (Å²) in [6.45, 7) is 11.7. The van der Waals surface area contributed by atoms with Crippen LogP contribution in [-0.2, 0) is 9.53 Å². The van der Waals surface area contributed by atoms with Gasteiger partial charge in [0.2, 0.25) is 0 Å². The quantitative estimate of drug-likeness (QED) is 0.630. The van der Waals surface area contributed by atoms with Gasteiger partial charge in [-0.3, -0.25) is 5.32 Å². The van der Waals surface area contributed by atoms with Gasteiger partial charge >= 0.3 is 5.97 Å². The highest BCUT2D eigenvalue weighted by atomic mass is 16.5. The van der Waals surface area contributed by atoms with E-state index >= 15 is 0 Å². The maximum Gasteiger partial charge on any atom is 0.327 e. The topological polar surface area (TPSA) is 41.6 Å². The second-order valence-electron chi connectivity index (χ2n) is 6.82. The molecule has 1 fully saturated rings. The summed E-state index contributed by atoms with van der Waals surface area (Å²) >= 11 is 0. The molecule has 4 nitrogen and oxygen atoms in total. The third-order valence-electron chi connectivity index (χ3n) is 4.42. The molecule has 1 rings (SSSR count). The molecule has 2 atom stereocenters. The standard InChI is InChI=1S/C17H34N2O2/c1-7-9-14(5)19(6)12-17(15-10-11-15,18-13(3)4)16(20)21-8-2/h13-15,18H,7-12H2,1-6H3. The first kappa shape index (κ1) is 18.4. The van der Waals surface area contributed by atoms with Gasteiger partial charge in [-0.2, -0.15) is 0 Å². The van der Waals surface area contributed by atoms with Crippen LogP contribution in [0.2, 0.25) is 0 Å². The van der Waals surface area contributed by atoms with Crippen LogP contribution in [0.25, 0.3) is 0 Å². The van der Waals surface area contributed by atoms with Gasteiger partial charge in [-0.15, -0.1) is 0 Å². The minimum Gasteiger partial charge on any atom is -0.465 e. The highest BCUT2D eigenvalue weighted by Crippen LogP contribution is 2.41. The van der Waals surface area contributed by atoms with Crippen molar-refractivity contribution >= 4 is 5.97 Å². The number of hydrogen-bond donors (Lipinski definition) is 1. The number of rotatable bonds is 10. The van der Waals surface area contributed by atoms with Crippen molar-refractivity contribution in [1.82, 2.24) is 10.2 Å². The second-order valence-corrected chi connectivity index (χ2v) is 6.82. The SMILES string of the molecule is CCCC(C)N(C)CC(NC(C)C)(C(=O)OCC)C1CC1. The van der Waals surface area contributed by atoms with Gasteiger partial charge in [-0.05, 0) is 59.9 Å². The molecule has 4 heteroatoms. The fourth-order valence-corrected chi connectivity index (χ4v) is 3.12. The maximum absolute atomic E-state index is 12.7. The lowest BCUT2D eigenvalue weighted by molar-refractivity contribution is -0.154. The van der Waals surface area contributed by atoms with Gasteiger partial charge in [-0.1, -0.05) is 13.3 Å². The summed E-state index contributed by atoms with van der Waals surface area (Å²) < 4.78 is 5.42. The van der Waals surface area contributed by atoms with Gasteiger partial charge in [0.05, 0.1) is 6.61 Å². The number of nitrogens with one attached hydrogen (secondary N) is 1. The molecule has 0 radical (unpaired) electrons. The molecule has 1 aliphatic rings. The normalized spacial score (nSPS) is 19.6. The van der Waals surface area contributed by atoms with Crippen molar-refractivity contribution in [3.63, 3.8) is 0 Å². The molecule has 0 aromatic rings. The molecular weight excluding hydrogens is 264 g/mol. The van der Waals surface area contributed by atoms with E-state index in [0.29, 0.717) is 18.6 Å². The van der Waals surface area contributed by atoms with Crippen molar-refractivity contribution in [3.8, 4) is 0 Å². The Hall–Kier alpha value is -0.610. The summed E-state index contributed by atoms with van der Waals surface area (Å²) in [5, 5.41) is 3.55. The van der Waals surface area contributed by atoms with Crippen LogP contribution in [0.3, 0.4) is 0 Å². The summed E-state index contributed by atoms with van der Waals surface area (Å²) in [7, 11) is 2.12. The van der Waals surface area contributed by atoms with E-state index in [1.165, 1.54) is 6.42 Å². The van der Waals surface area contributed by atoms with Crippen LogP contribution in [0.1, 0.15) is 60.3 Å². The summed E-state index contributed by atoms with van der Waals surface area (Å²) in [6, 6.07) is 0.751. The largest absolute Gasteiger partial charge is 0.465 e. The lowest BCUT2D eigenvalue weighted by atomic mass is 9.90. The molecule has 1 saturated carbocycles. The van der Waals surface area contributed by atoms with Gasteiger partial charge in [-0.25, -0.2) is 4.79 Å². The molecule has 21 heavy (non-hydrogen) atoms. The Morgan fingerprint density at radius 3 is 2.38 bits per heavy atom. The first-order chi connectivity index (χ1) is 9.87. The Morgan fingerprint density at radius 2 is 1.95 bits per heavy atom. The van der Waals surface area contributed by atoms with E-state index in [9.17, 15) is 4.79 Å². The fraction of sp³-hybridized carbons (Fsp3) is 0.941. The molecule has 0 saturated heterocycles. The van der Waals surface area contributed by atoms with E-state index in [1.54, 1.807) is 0 Å². The number of ether oxygens (including phenoxy) is 1. The molecule has 1 aliphatic carbocycles. The predicted molar refractivity (Wildman–Crippen MR) is 87.4 cm³/mol. The van der Waals surface area contributed by atoms with E-state index in [4.69, 9.17) is 4.74 Å². The summed E-state index contributed by atoms with van der Waals surface area (Å²) in [6.07, 6.45) is 4.56. The average Bonchev–Trinajstić information content (AvgIpc) is 3.22. The summed E-state index contributed by atoms with van der Waals surface area (Å²) in [4.78, 5) is 15.0. The molecule has 124 valence electrons. The highest BCUT2D eigenvalue weighted by Gasteiger charge is 2.53. The Morgan fingerprint density at radius 1 is 1.33 bits per heavy atom. The predicted octanol–water partition coefficient (Wildman–Crippen LogP) is 2.82. The number of esters is 1. The van der Waals surface area contributed by atoms with Crippen LogP contribution in [0, 0.1) is 5.92 Å². The number of carbonyl (C=O) groups is 1. The number of carbonyl (C=O) groups excluding carboxylic acids is 1. The molecule has 0 spiro atoms. The second kappa shape index (κ2) is 8.14. The van der Waals surface area contributed by atoms with Crippen LogP contribution >= 0.6 is 0 Å². The molecular formula is C17H34N2O2. The zero-order valence-electron chi connectivity index (χ0n) is 14.7. The highest BCUT2D eigenvalue weighted by molar-refractivity contribution is 5.82. The van der Waals surface area contributed by atoms with Crippen molar-refractivity contribution < 1.29 is 9.53 Å². The van der Waals surface area contributed by atoms with Crippen molar-refractivity contribution in [2.75, 3.05) is 20.2 Å². The molecule has 0 aliphatic heterocycles. The van der Waals surface area contributed by atoms with Gasteiger partial charge in [0.1, 0.15) is 5.54 Å². The Balaban J connectivity index is 2.90. The van der Waals surface area contributed by atoms with Crippen LogP contribution in [0.15, 0.2) is 0 Å². The van der Waals surface area contributed by atoms with Crippen LogP contribution in [0.4, 0.5) is 0 Å². The number of hydrogen-bond acceptors (Lipinski definition) is 4. The van der Waals surface area contributed by atoms with E-state index < -0.39 is 5.54 Å². The molecule has 2 unspecified atom stereocenters. The molecule has 0 bridgehead atoms. The van der Waals surface area contributed by atoms with Gasteiger partial charge in [0.15, 0.2) is 0 Å². The fourth-order valence-electron chi connectivity index (χ4n) is 3.12. The number of likely N-dealkylation sites (N-methyl/N-ethyl adjacent to an activating group) is 1. The smallest absolute Gasteiger partial charge is 0.327 e. The minimum atomic E-state index is -0.541. The molecule has 0 aromatic heterocycles. The van der Waals surface area contributed by atoms with Crippen LogP contribution < -0.4 is 5.32 Å². The molecule has 0 aromatic carbocycles. The van der Waals surface area contributed by atoms with Crippen molar-refractivity contribution in [2.45, 2.75) is 77.9 Å². The lowest BCUT2D eigenvalue weighted by Gasteiger charge is -2.39. The minimum absolute atomic E-state index is 0.0725. The van der Waals surface area contributed by atoms with Crippen molar-refractivity contribution in [3.05, 3.63) is 0 Å². The molecule has 1 N–H and O–H groups in total. The molecule has 0 amide bonds. The van der Waals surface area contributed by atoms with E-state index in [-0.39, 0.29) is 12.0 Å². The average molecular weight is 298 g/mol. The summed E-state index contributed by atoms with van der Waals surface area (Å²) in [5.74, 6) is 0.340. The monoisotopic (exact) mass is 298 g/mol. The Labute approximate surface area is 130 Å². The zero-order chi connectivity index (χ0) is 16.0. The number of nitrogens with zero attached hydrogens (tertiary/aromatic N) is 1. The Kier molecular flexibility index (Phi) is 7.14. The zero-order valence-corrected chi connectivity index (χ0v) is 14.7. The van der Waals surface area contributed by atoms with Gasteiger partial charge < -0.3 is 9.64 Å². The van der Waals surface area contributed by atoms with Crippen LogP contribution in [-0.4, -0.2) is 48.7 Å². The van der Waals surface area contributed by atoms with Gasteiger partial charge in [0, 0.05) is 18.6 Å². The van der Waals surface area contributed by atoms with Crippen molar-refractivity contribution in [1.29, 1.82) is 0 Å². The van der Waals surface area contributed by atoms with E-state index in [1.807, 2.05) is 6.92 Å².